The number of nitrogens with zero attached hydrogens (tertiary/aromatic N) is 2. The number of benzene rings is 1. The molecule has 0 spiro atoms. The van der Waals surface area contributed by atoms with Gasteiger partial charge in [0.15, 0.2) is 17.3 Å². The summed E-state index contributed by atoms with van der Waals surface area (Å²) in [6, 6.07) is 5.31. The first kappa shape index (κ1) is 13.6. The minimum absolute atomic E-state index is 0.247. The van der Waals surface area contributed by atoms with Crippen molar-refractivity contribution in [3.63, 3.8) is 0 Å². The van der Waals surface area contributed by atoms with Gasteiger partial charge in [0.2, 0.25) is 5.95 Å². The largest absolute Gasteiger partial charge is 0.490 e. The van der Waals surface area contributed by atoms with Gasteiger partial charge in [0.25, 0.3) is 0 Å². The third kappa shape index (κ3) is 2.89. The maximum absolute atomic E-state index is 14.0. The molecule has 5 nitrogen and oxygen atoms in total. The van der Waals surface area contributed by atoms with E-state index in [1.165, 1.54) is 6.20 Å². The van der Waals surface area contributed by atoms with Gasteiger partial charge in [-0.15, -0.1) is 0 Å². The summed E-state index contributed by atoms with van der Waals surface area (Å²) < 4.78 is 25.2. The summed E-state index contributed by atoms with van der Waals surface area (Å²) in [6.45, 7) is 3.82. The highest BCUT2D eigenvalue weighted by molar-refractivity contribution is 5.65. The van der Waals surface area contributed by atoms with E-state index >= 15 is 0 Å². The first-order chi connectivity index (χ1) is 10.3. The maximum atomic E-state index is 14.0. The number of ether oxygens (including phenoxy) is 2. The van der Waals surface area contributed by atoms with Crippen molar-refractivity contribution in [3.8, 4) is 22.8 Å². The van der Waals surface area contributed by atoms with Crippen molar-refractivity contribution in [1.82, 2.24) is 9.97 Å². The third-order valence-electron chi connectivity index (χ3n) is 3.10. The highest BCUT2D eigenvalue weighted by Crippen LogP contribution is 2.34. The standard InChI is InChI=1S/C15H16FN3O2/c1-2-17-15-18-9-11(16)14(19-15)10-4-5-12-13(8-10)21-7-3-6-20-12/h4-5,8-9H,2-3,6-7H2,1H3,(H,17,18,19). The van der Waals surface area contributed by atoms with Gasteiger partial charge in [-0.05, 0) is 25.1 Å². The summed E-state index contributed by atoms with van der Waals surface area (Å²) in [6.07, 6.45) is 2.00. The zero-order valence-electron chi connectivity index (χ0n) is 11.7. The predicted octanol–water partition coefficient (Wildman–Crippen LogP) is 2.88. The fourth-order valence-corrected chi connectivity index (χ4v) is 2.12. The summed E-state index contributed by atoms with van der Waals surface area (Å²) >= 11 is 0. The molecule has 0 fully saturated rings. The second kappa shape index (κ2) is 5.95. The highest BCUT2D eigenvalue weighted by Gasteiger charge is 2.15. The maximum Gasteiger partial charge on any atom is 0.223 e. The van der Waals surface area contributed by atoms with Crippen LogP contribution >= 0.6 is 0 Å². The quantitative estimate of drug-likeness (QED) is 0.941. The molecule has 1 aliphatic rings. The van der Waals surface area contributed by atoms with E-state index in [1.807, 2.05) is 6.92 Å². The van der Waals surface area contributed by atoms with Crippen LogP contribution in [-0.2, 0) is 0 Å². The average Bonchev–Trinajstić information content (AvgIpc) is 2.74. The molecule has 0 saturated heterocycles. The number of halogens is 1. The van der Waals surface area contributed by atoms with Crippen molar-refractivity contribution in [2.45, 2.75) is 13.3 Å². The molecule has 0 aliphatic carbocycles. The molecule has 1 aromatic heterocycles. The van der Waals surface area contributed by atoms with Crippen molar-refractivity contribution in [2.75, 3.05) is 25.1 Å². The average molecular weight is 289 g/mol. The second-order valence-corrected chi connectivity index (χ2v) is 4.63. The fraction of sp³-hybridized carbons (Fsp3) is 0.333. The molecule has 0 atom stereocenters. The number of hydrogen-bond donors (Lipinski definition) is 1. The van der Waals surface area contributed by atoms with Crippen molar-refractivity contribution < 1.29 is 13.9 Å². The molecule has 0 amide bonds. The normalized spacial score (nSPS) is 13.6. The molecule has 3 rings (SSSR count). The van der Waals surface area contributed by atoms with E-state index in [0.717, 1.165) is 6.42 Å². The van der Waals surface area contributed by atoms with Gasteiger partial charge in [-0.25, -0.2) is 14.4 Å². The lowest BCUT2D eigenvalue weighted by atomic mass is 10.1. The highest BCUT2D eigenvalue weighted by atomic mass is 19.1. The Bertz CT molecular complexity index is 649. The molecule has 0 bridgehead atoms. The Kier molecular flexibility index (Phi) is 3.85. The van der Waals surface area contributed by atoms with Gasteiger partial charge in [-0.1, -0.05) is 0 Å². The summed E-state index contributed by atoms with van der Waals surface area (Å²) in [5.74, 6) is 1.23. The van der Waals surface area contributed by atoms with E-state index in [0.29, 0.717) is 42.8 Å². The van der Waals surface area contributed by atoms with E-state index in [9.17, 15) is 4.39 Å². The number of fused-ring (bicyclic) bond motifs is 1. The Morgan fingerprint density at radius 2 is 2.05 bits per heavy atom. The van der Waals surface area contributed by atoms with Crippen LogP contribution in [0.3, 0.4) is 0 Å². The lowest BCUT2D eigenvalue weighted by Gasteiger charge is -2.10. The Hall–Kier alpha value is -2.37. The molecule has 6 heteroatoms. The molecule has 2 heterocycles. The Balaban J connectivity index is 2.00. The first-order valence-electron chi connectivity index (χ1n) is 6.94. The van der Waals surface area contributed by atoms with Gasteiger partial charge < -0.3 is 14.8 Å². The van der Waals surface area contributed by atoms with Crippen LogP contribution < -0.4 is 14.8 Å². The number of nitrogens with one attached hydrogen (secondary N) is 1. The minimum atomic E-state index is -0.467. The van der Waals surface area contributed by atoms with Crippen LogP contribution in [0.15, 0.2) is 24.4 Å². The molecule has 0 radical (unpaired) electrons. The van der Waals surface area contributed by atoms with Gasteiger partial charge in [-0.2, -0.15) is 0 Å². The van der Waals surface area contributed by atoms with E-state index in [4.69, 9.17) is 9.47 Å². The zero-order chi connectivity index (χ0) is 14.7. The van der Waals surface area contributed by atoms with Crippen molar-refractivity contribution in [2.24, 2.45) is 0 Å². The van der Waals surface area contributed by atoms with Crippen molar-refractivity contribution in [1.29, 1.82) is 0 Å². The molecule has 1 N–H and O–H groups in total. The second-order valence-electron chi connectivity index (χ2n) is 4.63. The van der Waals surface area contributed by atoms with Gasteiger partial charge in [0, 0.05) is 18.5 Å². The smallest absolute Gasteiger partial charge is 0.223 e. The minimum Gasteiger partial charge on any atom is -0.490 e. The number of anilines is 1. The lowest BCUT2D eigenvalue weighted by Crippen LogP contribution is -2.04. The van der Waals surface area contributed by atoms with E-state index in [-0.39, 0.29) is 5.69 Å². The van der Waals surface area contributed by atoms with Gasteiger partial charge in [0.05, 0.1) is 19.4 Å². The molecule has 0 unspecified atom stereocenters. The topological polar surface area (TPSA) is 56.3 Å². The van der Waals surface area contributed by atoms with Crippen molar-refractivity contribution >= 4 is 5.95 Å². The zero-order valence-corrected chi connectivity index (χ0v) is 11.7. The molecule has 21 heavy (non-hydrogen) atoms. The summed E-state index contributed by atoms with van der Waals surface area (Å²) in [4.78, 5) is 8.11. The molecular formula is C15H16FN3O2. The molecule has 1 aromatic carbocycles. The number of aromatic nitrogens is 2. The van der Waals surface area contributed by atoms with E-state index < -0.39 is 5.82 Å². The number of rotatable bonds is 3. The van der Waals surface area contributed by atoms with Gasteiger partial charge in [-0.3, -0.25) is 0 Å². The van der Waals surface area contributed by atoms with Crippen molar-refractivity contribution in [3.05, 3.63) is 30.2 Å². The molecule has 0 saturated carbocycles. The van der Waals surface area contributed by atoms with Gasteiger partial charge in [0.1, 0.15) is 5.69 Å². The van der Waals surface area contributed by atoms with Gasteiger partial charge >= 0.3 is 0 Å². The van der Waals surface area contributed by atoms with Crippen LogP contribution in [0.4, 0.5) is 10.3 Å². The first-order valence-corrected chi connectivity index (χ1v) is 6.94. The molecule has 1 aliphatic heterocycles. The SMILES string of the molecule is CCNc1ncc(F)c(-c2ccc3c(c2)OCCCO3)n1. The lowest BCUT2D eigenvalue weighted by molar-refractivity contribution is 0.297. The monoisotopic (exact) mass is 289 g/mol. The molecule has 2 aromatic rings. The van der Waals surface area contributed by atoms with E-state index in [2.05, 4.69) is 15.3 Å². The predicted molar refractivity (Wildman–Crippen MR) is 77.2 cm³/mol. The fourth-order valence-electron chi connectivity index (χ4n) is 2.12. The summed E-state index contributed by atoms with van der Waals surface area (Å²) in [7, 11) is 0. The summed E-state index contributed by atoms with van der Waals surface area (Å²) in [5, 5.41) is 2.97. The summed E-state index contributed by atoms with van der Waals surface area (Å²) in [5.41, 5.74) is 0.884. The Morgan fingerprint density at radius 3 is 2.86 bits per heavy atom. The van der Waals surface area contributed by atoms with Crippen LogP contribution in [0.25, 0.3) is 11.3 Å². The Labute approximate surface area is 122 Å². The van der Waals surface area contributed by atoms with E-state index in [1.54, 1.807) is 18.2 Å². The molecular weight excluding hydrogens is 273 g/mol. The third-order valence-corrected chi connectivity index (χ3v) is 3.10. The number of hydrogen-bond acceptors (Lipinski definition) is 5. The Morgan fingerprint density at radius 1 is 1.24 bits per heavy atom. The van der Waals surface area contributed by atoms with Crippen LogP contribution in [-0.4, -0.2) is 29.7 Å². The van der Waals surface area contributed by atoms with Crippen LogP contribution in [0.5, 0.6) is 11.5 Å². The molecule has 110 valence electrons. The van der Waals surface area contributed by atoms with Crippen LogP contribution in [0.1, 0.15) is 13.3 Å². The van der Waals surface area contributed by atoms with Crippen LogP contribution in [0, 0.1) is 5.82 Å². The van der Waals surface area contributed by atoms with Crippen LogP contribution in [0.2, 0.25) is 0 Å².